The normalized spacial score (nSPS) is 11.5. The Morgan fingerprint density at radius 1 is 1.12 bits per heavy atom. The van der Waals surface area contributed by atoms with E-state index in [2.05, 4.69) is 30.8 Å². The molecule has 0 amide bonds. The zero-order valence-corrected chi connectivity index (χ0v) is 15.3. The number of hydrogen-bond donors (Lipinski definition) is 1. The van der Waals surface area contributed by atoms with Crippen LogP contribution in [0.2, 0.25) is 0 Å². The molecule has 1 aromatic heterocycles. The maximum Gasteiger partial charge on any atom is 0.261 e. The number of benzene rings is 2. The second kappa shape index (κ2) is 6.37. The molecule has 0 saturated carbocycles. The zero-order chi connectivity index (χ0) is 17.3. The van der Waals surface area contributed by atoms with E-state index in [-0.39, 0.29) is 4.90 Å². The molecule has 8 heteroatoms. The summed E-state index contributed by atoms with van der Waals surface area (Å²) in [5.41, 5.74) is 2.07. The molecule has 0 aliphatic carbocycles. The van der Waals surface area contributed by atoms with Gasteiger partial charge < -0.3 is 4.52 Å². The fourth-order valence-corrected chi connectivity index (χ4v) is 3.97. The number of aryl methyl sites for hydroxylation is 2. The molecular weight excluding hydrogens is 394 g/mol. The maximum atomic E-state index is 12.6. The molecule has 2 aromatic carbocycles. The molecule has 0 saturated heterocycles. The SMILES string of the molecule is Cc1ccc(NS(=O)(=O)c2cccc(-c3noc(C)n3)c2)c(Br)c1. The highest BCUT2D eigenvalue weighted by molar-refractivity contribution is 9.10. The van der Waals surface area contributed by atoms with E-state index in [0.29, 0.717) is 27.4 Å². The van der Waals surface area contributed by atoms with Crippen molar-refractivity contribution < 1.29 is 12.9 Å². The number of anilines is 1. The van der Waals surface area contributed by atoms with Gasteiger partial charge in [0.1, 0.15) is 0 Å². The standard InChI is InChI=1S/C16H14BrN3O3S/c1-10-6-7-15(14(17)8-10)20-24(21,22)13-5-3-4-12(9-13)16-18-11(2)23-19-16/h3-9,20H,1-2H3. The second-order valence-corrected chi connectivity index (χ2v) is 7.79. The number of halogens is 1. The molecule has 0 unspecified atom stereocenters. The number of nitrogens with one attached hydrogen (secondary N) is 1. The van der Waals surface area contributed by atoms with Crippen LogP contribution < -0.4 is 4.72 Å². The van der Waals surface area contributed by atoms with E-state index in [4.69, 9.17) is 4.52 Å². The molecule has 0 radical (unpaired) electrons. The fourth-order valence-electron chi connectivity index (χ4n) is 2.13. The molecule has 124 valence electrons. The van der Waals surface area contributed by atoms with Crippen molar-refractivity contribution in [1.29, 1.82) is 0 Å². The summed E-state index contributed by atoms with van der Waals surface area (Å²) in [6, 6.07) is 11.8. The first kappa shape index (κ1) is 16.7. The molecule has 0 spiro atoms. The number of rotatable bonds is 4. The third-order valence-corrected chi connectivity index (χ3v) is 5.32. The molecule has 3 rings (SSSR count). The van der Waals surface area contributed by atoms with Gasteiger partial charge >= 0.3 is 0 Å². The molecule has 6 nitrogen and oxygen atoms in total. The summed E-state index contributed by atoms with van der Waals surface area (Å²) < 4.78 is 33.4. The van der Waals surface area contributed by atoms with Crippen LogP contribution in [0.15, 0.2) is 56.4 Å². The molecule has 0 atom stereocenters. The molecule has 0 bridgehead atoms. The van der Waals surface area contributed by atoms with Gasteiger partial charge in [-0.15, -0.1) is 0 Å². The Morgan fingerprint density at radius 2 is 1.92 bits per heavy atom. The Kier molecular flexibility index (Phi) is 4.42. The van der Waals surface area contributed by atoms with Crippen LogP contribution in [0.4, 0.5) is 5.69 Å². The average Bonchev–Trinajstić information content (AvgIpc) is 2.97. The van der Waals surface area contributed by atoms with E-state index < -0.39 is 10.0 Å². The smallest absolute Gasteiger partial charge is 0.261 e. The third-order valence-electron chi connectivity index (χ3n) is 3.30. The lowest BCUT2D eigenvalue weighted by Crippen LogP contribution is -2.13. The maximum absolute atomic E-state index is 12.6. The molecule has 0 fully saturated rings. The van der Waals surface area contributed by atoms with Gasteiger partial charge in [-0.25, -0.2) is 8.42 Å². The monoisotopic (exact) mass is 407 g/mol. The van der Waals surface area contributed by atoms with Crippen molar-refractivity contribution in [2.45, 2.75) is 18.7 Å². The summed E-state index contributed by atoms with van der Waals surface area (Å²) in [6.45, 7) is 3.60. The number of aromatic nitrogens is 2. The van der Waals surface area contributed by atoms with Crippen LogP contribution >= 0.6 is 15.9 Å². The van der Waals surface area contributed by atoms with E-state index in [0.717, 1.165) is 5.56 Å². The summed E-state index contributed by atoms with van der Waals surface area (Å²) in [7, 11) is -3.74. The molecule has 1 N–H and O–H groups in total. The van der Waals surface area contributed by atoms with Crippen LogP contribution in [0.25, 0.3) is 11.4 Å². The van der Waals surface area contributed by atoms with Crippen LogP contribution in [-0.2, 0) is 10.0 Å². The van der Waals surface area contributed by atoms with Gasteiger partial charge in [-0.2, -0.15) is 4.98 Å². The fraction of sp³-hybridized carbons (Fsp3) is 0.125. The van der Waals surface area contributed by atoms with Gasteiger partial charge in [0.2, 0.25) is 11.7 Å². The number of sulfonamides is 1. The van der Waals surface area contributed by atoms with Gasteiger partial charge in [0.15, 0.2) is 0 Å². The summed E-state index contributed by atoms with van der Waals surface area (Å²) in [5.74, 6) is 0.765. The van der Waals surface area contributed by atoms with Gasteiger partial charge in [0.25, 0.3) is 10.0 Å². The largest absolute Gasteiger partial charge is 0.339 e. The first-order chi connectivity index (χ1) is 11.3. The van der Waals surface area contributed by atoms with Gasteiger partial charge in [-0.3, -0.25) is 4.72 Å². The van der Waals surface area contributed by atoms with E-state index in [1.54, 1.807) is 25.1 Å². The predicted molar refractivity (Wildman–Crippen MR) is 94.2 cm³/mol. The summed E-state index contributed by atoms with van der Waals surface area (Å²) >= 11 is 3.37. The van der Waals surface area contributed by atoms with E-state index in [1.165, 1.54) is 12.1 Å². The van der Waals surface area contributed by atoms with Gasteiger partial charge in [0, 0.05) is 17.0 Å². The van der Waals surface area contributed by atoms with Gasteiger partial charge in [0.05, 0.1) is 10.6 Å². The molecule has 3 aromatic rings. The lowest BCUT2D eigenvalue weighted by atomic mass is 10.2. The number of nitrogens with zero attached hydrogens (tertiary/aromatic N) is 2. The Morgan fingerprint density at radius 3 is 2.58 bits per heavy atom. The minimum atomic E-state index is -3.74. The molecule has 0 aliphatic rings. The van der Waals surface area contributed by atoms with Crippen molar-refractivity contribution in [3.05, 3.63) is 58.4 Å². The summed E-state index contributed by atoms with van der Waals surface area (Å²) in [4.78, 5) is 4.23. The quantitative estimate of drug-likeness (QED) is 0.708. The van der Waals surface area contributed by atoms with E-state index in [1.807, 2.05) is 19.1 Å². The third kappa shape index (κ3) is 3.49. The Balaban J connectivity index is 1.95. The van der Waals surface area contributed by atoms with Gasteiger partial charge in [-0.05, 0) is 52.7 Å². The van der Waals surface area contributed by atoms with E-state index >= 15 is 0 Å². The predicted octanol–water partition coefficient (Wildman–Crippen LogP) is 3.92. The van der Waals surface area contributed by atoms with Crippen LogP contribution in [0, 0.1) is 13.8 Å². The first-order valence-electron chi connectivity index (χ1n) is 7.05. The van der Waals surface area contributed by atoms with Crippen LogP contribution in [-0.4, -0.2) is 18.6 Å². The second-order valence-electron chi connectivity index (χ2n) is 5.25. The average molecular weight is 408 g/mol. The van der Waals surface area contributed by atoms with Crippen molar-refractivity contribution in [3.8, 4) is 11.4 Å². The minimum Gasteiger partial charge on any atom is -0.339 e. The van der Waals surface area contributed by atoms with Crippen LogP contribution in [0.5, 0.6) is 0 Å². The summed E-state index contributed by atoms with van der Waals surface area (Å²) in [5, 5.41) is 3.81. The molecule has 1 heterocycles. The number of hydrogen-bond acceptors (Lipinski definition) is 5. The van der Waals surface area contributed by atoms with Crippen molar-refractivity contribution in [2.75, 3.05) is 4.72 Å². The Hall–Kier alpha value is -2.19. The van der Waals surface area contributed by atoms with Gasteiger partial charge in [-0.1, -0.05) is 23.4 Å². The molecule has 24 heavy (non-hydrogen) atoms. The van der Waals surface area contributed by atoms with Crippen molar-refractivity contribution in [3.63, 3.8) is 0 Å². The highest BCUT2D eigenvalue weighted by Crippen LogP contribution is 2.27. The van der Waals surface area contributed by atoms with E-state index in [9.17, 15) is 8.42 Å². The topological polar surface area (TPSA) is 85.1 Å². The first-order valence-corrected chi connectivity index (χ1v) is 9.32. The van der Waals surface area contributed by atoms with Crippen molar-refractivity contribution in [2.24, 2.45) is 0 Å². The Bertz CT molecular complexity index is 999. The lowest BCUT2D eigenvalue weighted by Gasteiger charge is -2.11. The lowest BCUT2D eigenvalue weighted by molar-refractivity contribution is 0.394. The Labute approximate surface area is 148 Å². The van der Waals surface area contributed by atoms with Crippen molar-refractivity contribution in [1.82, 2.24) is 10.1 Å². The summed E-state index contributed by atoms with van der Waals surface area (Å²) in [6.07, 6.45) is 0. The molecule has 0 aliphatic heterocycles. The zero-order valence-electron chi connectivity index (χ0n) is 12.9. The minimum absolute atomic E-state index is 0.120. The van der Waals surface area contributed by atoms with Crippen LogP contribution in [0.3, 0.4) is 0 Å². The molecular formula is C16H14BrN3O3S. The van der Waals surface area contributed by atoms with Crippen molar-refractivity contribution >= 4 is 31.6 Å². The van der Waals surface area contributed by atoms with Crippen LogP contribution in [0.1, 0.15) is 11.5 Å². The highest BCUT2D eigenvalue weighted by Gasteiger charge is 2.17. The highest BCUT2D eigenvalue weighted by atomic mass is 79.9.